The van der Waals surface area contributed by atoms with Crippen molar-refractivity contribution in [3.8, 4) is 11.5 Å². The fourth-order valence-electron chi connectivity index (χ4n) is 2.08. The molecule has 0 amide bonds. The Balaban J connectivity index is 2.60. The van der Waals surface area contributed by atoms with Crippen LogP contribution in [0.15, 0.2) is 29.1 Å². The molecule has 0 aliphatic carbocycles. The third kappa shape index (κ3) is 3.90. The molecule has 1 aromatic carbocycles. The van der Waals surface area contributed by atoms with E-state index in [1.807, 2.05) is 0 Å². The molecule has 126 valence electrons. The molecule has 2 N–H and O–H groups in total. The SMILES string of the molecule is COC(=O)/C(=C\c1ccc(OC)c(OC)c1)c1cc(=O)[nH]c(=S)[nH]1. The largest absolute Gasteiger partial charge is 0.493 e. The quantitative estimate of drug-likeness (QED) is 0.489. The van der Waals surface area contributed by atoms with Gasteiger partial charge in [-0.25, -0.2) is 4.79 Å². The van der Waals surface area contributed by atoms with E-state index in [1.165, 1.54) is 27.4 Å². The molecule has 0 unspecified atom stereocenters. The number of benzene rings is 1. The Morgan fingerprint density at radius 3 is 2.38 bits per heavy atom. The summed E-state index contributed by atoms with van der Waals surface area (Å²) < 4.78 is 15.3. The highest BCUT2D eigenvalue weighted by Crippen LogP contribution is 2.29. The van der Waals surface area contributed by atoms with Gasteiger partial charge in [0.15, 0.2) is 16.3 Å². The number of carbonyl (C=O) groups excluding carboxylic acids is 1. The Morgan fingerprint density at radius 1 is 1.08 bits per heavy atom. The summed E-state index contributed by atoms with van der Waals surface area (Å²) in [4.78, 5) is 28.9. The summed E-state index contributed by atoms with van der Waals surface area (Å²) >= 11 is 4.94. The number of aromatic nitrogens is 2. The molecule has 24 heavy (non-hydrogen) atoms. The van der Waals surface area contributed by atoms with Crippen LogP contribution in [0.5, 0.6) is 11.5 Å². The molecule has 0 spiro atoms. The lowest BCUT2D eigenvalue weighted by Gasteiger charge is -2.09. The standard InChI is InChI=1S/C16H16N2O5S/c1-21-12-5-4-9(7-13(12)22-2)6-10(15(20)23-3)11-8-14(19)18-16(24)17-11/h4-8H,1-3H3,(H2,17,18,19,24)/b10-6-. The van der Waals surface area contributed by atoms with E-state index in [0.29, 0.717) is 17.1 Å². The molecule has 8 heteroatoms. The van der Waals surface area contributed by atoms with Gasteiger partial charge in [0.2, 0.25) is 0 Å². The molecule has 1 heterocycles. The second-order valence-corrected chi connectivity index (χ2v) is 5.07. The van der Waals surface area contributed by atoms with Crippen molar-refractivity contribution in [3.63, 3.8) is 0 Å². The lowest BCUT2D eigenvalue weighted by atomic mass is 10.1. The third-order valence-electron chi connectivity index (χ3n) is 3.17. The first-order valence-electron chi connectivity index (χ1n) is 6.84. The zero-order chi connectivity index (χ0) is 17.7. The number of aromatic amines is 2. The summed E-state index contributed by atoms with van der Waals surface area (Å²) in [7, 11) is 4.30. The molecular weight excluding hydrogens is 332 g/mol. The van der Waals surface area contributed by atoms with E-state index in [0.717, 1.165) is 0 Å². The van der Waals surface area contributed by atoms with Crippen LogP contribution < -0.4 is 15.0 Å². The first-order valence-corrected chi connectivity index (χ1v) is 7.25. The Labute approximate surface area is 142 Å². The van der Waals surface area contributed by atoms with Crippen LogP contribution in [0, 0.1) is 4.77 Å². The number of H-pyrrole nitrogens is 2. The van der Waals surface area contributed by atoms with Gasteiger partial charge in [-0.3, -0.25) is 9.78 Å². The number of nitrogens with one attached hydrogen (secondary N) is 2. The van der Waals surface area contributed by atoms with Crippen molar-refractivity contribution in [2.75, 3.05) is 21.3 Å². The van der Waals surface area contributed by atoms with Crippen LogP contribution in [-0.2, 0) is 9.53 Å². The van der Waals surface area contributed by atoms with Crippen molar-refractivity contribution in [3.05, 3.63) is 50.6 Å². The predicted octanol–water partition coefficient (Wildman–Crippen LogP) is 2.16. The maximum absolute atomic E-state index is 12.1. The highest BCUT2D eigenvalue weighted by molar-refractivity contribution is 7.71. The van der Waals surface area contributed by atoms with E-state index in [2.05, 4.69) is 9.97 Å². The third-order valence-corrected chi connectivity index (χ3v) is 3.38. The molecule has 1 aromatic heterocycles. The summed E-state index contributed by atoms with van der Waals surface area (Å²) in [6.07, 6.45) is 1.56. The van der Waals surface area contributed by atoms with Crippen LogP contribution in [0.3, 0.4) is 0 Å². The Bertz CT molecular complexity index is 870. The lowest BCUT2D eigenvalue weighted by Crippen LogP contribution is -2.12. The average Bonchev–Trinajstić information content (AvgIpc) is 2.57. The van der Waals surface area contributed by atoms with E-state index < -0.39 is 11.5 Å². The zero-order valence-corrected chi connectivity index (χ0v) is 14.2. The smallest absolute Gasteiger partial charge is 0.339 e. The molecule has 2 aromatic rings. The van der Waals surface area contributed by atoms with Gasteiger partial charge in [-0.15, -0.1) is 0 Å². The van der Waals surface area contributed by atoms with Crippen molar-refractivity contribution in [2.24, 2.45) is 0 Å². The molecule has 0 aliphatic rings. The van der Waals surface area contributed by atoms with E-state index in [1.54, 1.807) is 24.3 Å². The molecule has 0 fully saturated rings. The molecule has 0 saturated heterocycles. The van der Waals surface area contributed by atoms with E-state index in [4.69, 9.17) is 26.4 Å². The Morgan fingerprint density at radius 2 is 1.79 bits per heavy atom. The monoisotopic (exact) mass is 348 g/mol. The maximum atomic E-state index is 12.1. The second-order valence-electron chi connectivity index (χ2n) is 4.67. The van der Waals surface area contributed by atoms with Gasteiger partial charge in [0.05, 0.1) is 32.6 Å². The molecular formula is C16H16N2O5S. The zero-order valence-electron chi connectivity index (χ0n) is 13.3. The molecule has 0 bridgehead atoms. The van der Waals surface area contributed by atoms with E-state index in [-0.39, 0.29) is 16.0 Å². The Kier molecular flexibility index (Phi) is 5.54. The van der Waals surface area contributed by atoms with Gasteiger partial charge in [-0.05, 0) is 36.0 Å². The van der Waals surface area contributed by atoms with E-state index >= 15 is 0 Å². The number of ether oxygens (including phenoxy) is 3. The number of hydrogen-bond acceptors (Lipinski definition) is 6. The predicted molar refractivity (Wildman–Crippen MR) is 91.7 cm³/mol. The molecule has 0 radical (unpaired) electrons. The van der Waals surface area contributed by atoms with Crippen molar-refractivity contribution >= 4 is 29.8 Å². The van der Waals surface area contributed by atoms with Crippen molar-refractivity contribution in [1.29, 1.82) is 0 Å². The average molecular weight is 348 g/mol. The molecule has 0 aliphatic heterocycles. The summed E-state index contributed by atoms with van der Waals surface area (Å²) in [6, 6.07) is 6.38. The van der Waals surface area contributed by atoms with Crippen LogP contribution >= 0.6 is 12.2 Å². The van der Waals surface area contributed by atoms with Gasteiger partial charge < -0.3 is 19.2 Å². The van der Waals surface area contributed by atoms with Crippen LogP contribution in [0.2, 0.25) is 0 Å². The fraction of sp³-hybridized carbons (Fsp3) is 0.188. The highest BCUT2D eigenvalue weighted by atomic mass is 32.1. The first kappa shape index (κ1) is 17.5. The number of hydrogen-bond donors (Lipinski definition) is 2. The van der Waals surface area contributed by atoms with Gasteiger partial charge in [-0.2, -0.15) is 0 Å². The first-order chi connectivity index (χ1) is 11.5. The van der Waals surface area contributed by atoms with Gasteiger partial charge in [0.1, 0.15) is 0 Å². The number of methoxy groups -OCH3 is 3. The van der Waals surface area contributed by atoms with Crippen LogP contribution in [0.25, 0.3) is 11.6 Å². The maximum Gasteiger partial charge on any atom is 0.339 e. The van der Waals surface area contributed by atoms with Crippen LogP contribution in [-0.4, -0.2) is 37.3 Å². The van der Waals surface area contributed by atoms with Crippen molar-refractivity contribution in [1.82, 2.24) is 9.97 Å². The van der Waals surface area contributed by atoms with Gasteiger partial charge in [0.25, 0.3) is 5.56 Å². The van der Waals surface area contributed by atoms with Gasteiger partial charge in [-0.1, -0.05) is 6.07 Å². The van der Waals surface area contributed by atoms with Crippen LogP contribution in [0.4, 0.5) is 0 Å². The normalized spacial score (nSPS) is 11.0. The summed E-state index contributed by atoms with van der Waals surface area (Å²) in [5.41, 5.74) is 0.649. The highest BCUT2D eigenvalue weighted by Gasteiger charge is 2.15. The van der Waals surface area contributed by atoms with Crippen molar-refractivity contribution in [2.45, 2.75) is 0 Å². The van der Waals surface area contributed by atoms with Crippen LogP contribution in [0.1, 0.15) is 11.3 Å². The van der Waals surface area contributed by atoms with Gasteiger partial charge >= 0.3 is 5.97 Å². The van der Waals surface area contributed by atoms with Crippen molar-refractivity contribution < 1.29 is 19.0 Å². The topological polar surface area (TPSA) is 93.4 Å². The summed E-state index contributed by atoms with van der Waals surface area (Å²) in [5, 5.41) is 0. The van der Waals surface area contributed by atoms with Gasteiger partial charge in [0, 0.05) is 6.07 Å². The minimum atomic E-state index is -0.610. The number of esters is 1. The molecule has 2 rings (SSSR count). The van der Waals surface area contributed by atoms with E-state index in [9.17, 15) is 9.59 Å². The molecule has 0 atom stereocenters. The minimum Gasteiger partial charge on any atom is -0.493 e. The molecule has 0 saturated carbocycles. The number of rotatable bonds is 5. The minimum absolute atomic E-state index is 0.111. The summed E-state index contributed by atoms with van der Waals surface area (Å²) in [6.45, 7) is 0. The lowest BCUT2D eigenvalue weighted by molar-refractivity contribution is -0.133. The Hall–Kier alpha value is -2.87. The second kappa shape index (κ2) is 7.60. The number of carbonyl (C=O) groups is 1. The summed E-state index contributed by atoms with van der Waals surface area (Å²) in [5.74, 6) is 0.458. The fourth-order valence-corrected chi connectivity index (χ4v) is 2.29. The molecule has 7 nitrogen and oxygen atoms in total.